The molecular formula is C14H19N3O2. The van der Waals surface area contributed by atoms with Crippen LogP contribution in [0.4, 0.5) is 0 Å². The van der Waals surface area contributed by atoms with Gasteiger partial charge in [-0.25, -0.2) is 0 Å². The maximum absolute atomic E-state index is 11.7. The molecule has 0 saturated heterocycles. The van der Waals surface area contributed by atoms with Gasteiger partial charge in [-0.2, -0.15) is 5.10 Å². The molecule has 0 bridgehead atoms. The standard InChI is InChI=1S/C14H19N3O2/c1-2-19-10-8-15-7-9-17-13-6-4-3-5-12(13)14(18)11-16-17/h3-6,11,15H,2,7-10H2,1H3. The van der Waals surface area contributed by atoms with Gasteiger partial charge >= 0.3 is 0 Å². The van der Waals surface area contributed by atoms with Gasteiger partial charge in [0.15, 0.2) is 0 Å². The highest BCUT2D eigenvalue weighted by Gasteiger charge is 2.02. The molecule has 1 N–H and O–H groups in total. The Kier molecular flexibility index (Phi) is 5.06. The van der Waals surface area contributed by atoms with E-state index in [1.54, 1.807) is 0 Å². The van der Waals surface area contributed by atoms with E-state index in [0.29, 0.717) is 5.39 Å². The zero-order chi connectivity index (χ0) is 13.5. The third-order valence-electron chi connectivity index (χ3n) is 2.89. The second-order valence-electron chi connectivity index (χ2n) is 4.20. The van der Waals surface area contributed by atoms with E-state index in [4.69, 9.17) is 4.74 Å². The van der Waals surface area contributed by atoms with E-state index in [2.05, 4.69) is 10.4 Å². The zero-order valence-electron chi connectivity index (χ0n) is 11.1. The molecular weight excluding hydrogens is 242 g/mol. The molecule has 0 radical (unpaired) electrons. The van der Waals surface area contributed by atoms with Crippen LogP contribution in [-0.4, -0.2) is 36.1 Å². The molecule has 0 unspecified atom stereocenters. The van der Waals surface area contributed by atoms with Crippen molar-refractivity contribution < 1.29 is 4.74 Å². The number of fused-ring (bicyclic) bond motifs is 1. The number of ether oxygens (including phenoxy) is 1. The smallest absolute Gasteiger partial charge is 0.207 e. The molecule has 5 heteroatoms. The van der Waals surface area contributed by atoms with E-state index >= 15 is 0 Å². The summed E-state index contributed by atoms with van der Waals surface area (Å²) in [5.41, 5.74) is 0.845. The summed E-state index contributed by atoms with van der Waals surface area (Å²) in [6, 6.07) is 7.54. The molecule has 0 atom stereocenters. The summed E-state index contributed by atoms with van der Waals surface area (Å²) in [6.07, 6.45) is 1.38. The predicted molar refractivity (Wildman–Crippen MR) is 75.4 cm³/mol. The number of nitrogens with zero attached hydrogens (tertiary/aromatic N) is 2. The number of rotatable bonds is 7. The molecule has 1 aromatic carbocycles. The predicted octanol–water partition coefficient (Wildman–Crippen LogP) is 1.02. The lowest BCUT2D eigenvalue weighted by molar-refractivity contribution is 0.149. The molecule has 0 spiro atoms. The van der Waals surface area contributed by atoms with E-state index in [9.17, 15) is 4.79 Å². The number of nitrogens with one attached hydrogen (secondary N) is 1. The van der Waals surface area contributed by atoms with Gasteiger partial charge in [-0.15, -0.1) is 0 Å². The minimum atomic E-state index is -0.0313. The fraction of sp³-hybridized carbons (Fsp3) is 0.429. The Morgan fingerprint density at radius 2 is 2.16 bits per heavy atom. The van der Waals surface area contributed by atoms with Crippen molar-refractivity contribution >= 4 is 10.9 Å². The van der Waals surface area contributed by atoms with Crippen LogP contribution in [0.15, 0.2) is 35.3 Å². The first kappa shape index (κ1) is 13.7. The van der Waals surface area contributed by atoms with Crippen LogP contribution in [-0.2, 0) is 11.3 Å². The molecule has 102 valence electrons. The van der Waals surface area contributed by atoms with Crippen molar-refractivity contribution in [1.29, 1.82) is 0 Å². The second kappa shape index (κ2) is 7.01. The average molecular weight is 261 g/mol. The molecule has 2 aromatic rings. The van der Waals surface area contributed by atoms with Crippen molar-refractivity contribution in [3.05, 3.63) is 40.7 Å². The molecule has 0 aliphatic carbocycles. The number of hydrogen-bond donors (Lipinski definition) is 1. The molecule has 0 fully saturated rings. The van der Waals surface area contributed by atoms with Crippen molar-refractivity contribution in [2.24, 2.45) is 0 Å². The Labute approximate surface area is 112 Å². The topological polar surface area (TPSA) is 56.1 Å². The summed E-state index contributed by atoms with van der Waals surface area (Å²) in [7, 11) is 0. The van der Waals surface area contributed by atoms with Gasteiger partial charge in [0, 0.05) is 25.1 Å². The molecule has 1 aromatic heterocycles. The highest BCUT2D eigenvalue weighted by Crippen LogP contribution is 2.07. The number of aromatic nitrogens is 2. The van der Waals surface area contributed by atoms with Gasteiger partial charge in [0.05, 0.1) is 24.9 Å². The van der Waals surface area contributed by atoms with Crippen LogP contribution in [0.2, 0.25) is 0 Å². The maximum Gasteiger partial charge on any atom is 0.207 e. The first-order valence-electron chi connectivity index (χ1n) is 6.56. The summed E-state index contributed by atoms with van der Waals surface area (Å²) in [5.74, 6) is 0. The number of hydrogen-bond acceptors (Lipinski definition) is 4. The van der Waals surface area contributed by atoms with Crippen LogP contribution in [0.5, 0.6) is 0 Å². The highest BCUT2D eigenvalue weighted by atomic mass is 16.5. The van der Waals surface area contributed by atoms with Gasteiger partial charge in [0.1, 0.15) is 0 Å². The minimum Gasteiger partial charge on any atom is -0.380 e. The van der Waals surface area contributed by atoms with E-state index in [1.807, 2.05) is 35.9 Å². The van der Waals surface area contributed by atoms with Gasteiger partial charge in [0.2, 0.25) is 5.43 Å². The van der Waals surface area contributed by atoms with Crippen LogP contribution in [0, 0.1) is 0 Å². The SMILES string of the molecule is CCOCCNCCn1ncc(=O)c2ccccc21. The van der Waals surface area contributed by atoms with Crippen LogP contribution < -0.4 is 10.7 Å². The van der Waals surface area contributed by atoms with Crippen LogP contribution in [0.3, 0.4) is 0 Å². The fourth-order valence-electron chi connectivity index (χ4n) is 1.94. The van der Waals surface area contributed by atoms with Gasteiger partial charge < -0.3 is 10.1 Å². The van der Waals surface area contributed by atoms with E-state index < -0.39 is 0 Å². The summed E-state index contributed by atoms with van der Waals surface area (Å²) < 4.78 is 7.10. The third-order valence-corrected chi connectivity index (χ3v) is 2.89. The summed E-state index contributed by atoms with van der Waals surface area (Å²) in [6.45, 7) is 5.80. The molecule has 2 rings (SSSR count). The minimum absolute atomic E-state index is 0.0313. The Morgan fingerprint density at radius 1 is 1.32 bits per heavy atom. The first-order valence-corrected chi connectivity index (χ1v) is 6.56. The highest BCUT2D eigenvalue weighted by molar-refractivity contribution is 5.77. The largest absolute Gasteiger partial charge is 0.380 e. The van der Waals surface area contributed by atoms with E-state index in [0.717, 1.165) is 38.4 Å². The molecule has 0 saturated carbocycles. The van der Waals surface area contributed by atoms with Gasteiger partial charge in [-0.1, -0.05) is 12.1 Å². The molecule has 0 aliphatic heterocycles. The second-order valence-corrected chi connectivity index (χ2v) is 4.20. The van der Waals surface area contributed by atoms with Crippen LogP contribution >= 0.6 is 0 Å². The maximum atomic E-state index is 11.7. The van der Waals surface area contributed by atoms with Gasteiger partial charge in [-0.3, -0.25) is 9.48 Å². The molecule has 0 amide bonds. The molecule has 5 nitrogen and oxygen atoms in total. The first-order chi connectivity index (χ1) is 9.33. The Bertz CT molecular complexity index is 580. The quantitative estimate of drug-likeness (QED) is 0.756. The van der Waals surface area contributed by atoms with Gasteiger partial charge in [0.25, 0.3) is 0 Å². The van der Waals surface area contributed by atoms with Gasteiger partial charge in [-0.05, 0) is 19.1 Å². The number of para-hydroxylation sites is 1. The third kappa shape index (κ3) is 3.62. The Balaban J connectivity index is 1.98. The van der Waals surface area contributed by atoms with Crippen molar-refractivity contribution in [2.45, 2.75) is 13.5 Å². The van der Waals surface area contributed by atoms with E-state index in [-0.39, 0.29) is 5.43 Å². The van der Waals surface area contributed by atoms with Crippen molar-refractivity contribution in [3.8, 4) is 0 Å². The fourth-order valence-corrected chi connectivity index (χ4v) is 1.94. The Morgan fingerprint density at radius 3 is 3.00 bits per heavy atom. The van der Waals surface area contributed by atoms with E-state index in [1.165, 1.54) is 6.20 Å². The summed E-state index contributed by atoms with van der Waals surface area (Å²) >= 11 is 0. The lowest BCUT2D eigenvalue weighted by Crippen LogP contribution is -2.25. The summed E-state index contributed by atoms with van der Waals surface area (Å²) in [4.78, 5) is 11.7. The molecule has 1 heterocycles. The molecule has 19 heavy (non-hydrogen) atoms. The van der Waals surface area contributed by atoms with Crippen molar-refractivity contribution in [3.63, 3.8) is 0 Å². The molecule has 0 aliphatic rings. The zero-order valence-corrected chi connectivity index (χ0v) is 11.1. The monoisotopic (exact) mass is 261 g/mol. The average Bonchev–Trinajstić information content (AvgIpc) is 2.45. The summed E-state index contributed by atoms with van der Waals surface area (Å²) in [5, 5.41) is 8.17. The van der Waals surface area contributed by atoms with Crippen LogP contribution in [0.25, 0.3) is 10.9 Å². The lowest BCUT2D eigenvalue weighted by atomic mass is 10.2. The van der Waals surface area contributed by atoms with Crippen molar-refractivity contribution in [1.82, 2.24) is 15.1 Å². The lowest BCUT2D eigenvalue weighted by Gasteiger charge is -2.09. The Hall–Kier alpha value is -1.72. The number of benzene rings is 1. The van der Waals surface area contributed by atoms with Crippen LogP contribution in [0.1, 0.15) is 6.92 Å². The normalized spacial score (nSPS) is 11.0. The van der Waals surface area contributed by atoms with Crippen molar-refractivity contribution in [2.75, 3.05) is 26.3 Å².